The van der Waals surface area contributed by atoms with E-state index in [0.717, 1.165) is 38.8 Å². The number of benzene rings is 3. The summed E-state index contributed by atoms with van der Waals surface area (Å²) in [4.78, 5) is 15.8. The molecule has 0 aromatic heterocycles. The number of carbonyl (C=O) groups excluding carboxylic acids is 1. The highest BCUT2D eigenvalue weighted by Crippen LogP contribution is 2.56. The average molecular weight is 633 g/mol. The van der Waals surface area contributed by atoms with Crippen LogP contribution in [0, 0.1) is 0 Å². The molecule has 1 atom stereocenters. The highest BCUT2D eigenvalue weighted by atomic mass is 32.2. The van der Waals surface area contributed by atoms with E-state index in [1.165, 1.54) is 18.9 Å². The fourth-order valence-electron chi connectivity index (χ4n) is 6.01. The lowest BCUT2D eigenvalue weighted by Crippen LogP contribution is -2.25. The van der Waals surface area contributed by atoms with Crippen molar-refractivity contribution in [2.24, 2.45) is 0 Å². The first-order valence-electron chi connectivity index (χ1n) is 14.1. The first-order valence-corrected chi connectivity index (χ1v) is 17.5. The highest BCUT2D eigenvalue weighted by Gasteiger charge is 2.38. The van der Waals surface area contributed by atoms with E-state index in [4.69, 9.17) is 9.47 Å². The van der Waals surface area contributed by atoms with E-state index in [1.54, 1.807) is 49.5 Å². The molecule has 0 amide bonds. The molecule has 1 unspecified atom stereocenters. The van der Waals surface area contributed by atoms with Crippen LogP contribution >= 0.6 is 47.0 Å². The highest BCUT2D eigenvalue weighted by molar-refractivity contribution is 8.35. The zero-order valence-electron chi connectivity index (χ0n) is 25.3. The zero-order chi connectivity index (χ0) is 30.0. The molecule has 3 aromatic rings. The predicted octanol–water partition coefficient (Wildman–Crippen LogP) is 10.8. The maximum absolute atomic E-state index is 14.5. The molecule has 2 heterocycles. The Balaban J connectivity index is 1.46. The topological polar surface area (TPSA) is 35.5 Å². The predicted molar refractivity (Wildman–Crippen MR) is 186 cm³/mol. The second kappa shape index (κ2) is 11.1. The number of ketones is 1. The largest absolute Gasteiger partial charge is 0.496 e. The van der Waals surface area contributed by atoms with Gasteiger partial charge in [-0.2, -0.15) is 0 Å². The maximum atomic E-state index is 14.5. The van der Waals surface area contributed by atoms with Gasteiger partial charge in [-0.3, -0.25) is 4.79 Å². The third kappa shape index (κ3) is 5.14. The standard InChI is InChI=1S/C35H36O3S4/c1-34(2,3)24-15-21-16-25(35(4,5)6)31(38-8)28-27(21)23(30(24)37-7)17-22(29(28)36)19-9-11-20(12-10-19)26-18-41-33(42-26)32-39-13-14-40-32/h9-16,18,22H,17H2,1-8H3. The molecule has 6 rings (SSSR count). The minimum Gasteiger partial charge on any atom is -0.496 e. The number of hydrogen-bond donors (Lipinski definition) is 0. The van der Waals surface area contributed by atoms with E-state index in [0.29, 0.717) is 17.7 Å². The Bertz CT molecular complexity index is 1680. The van der Waals surface area contributed by atoms with Crippen LogP contribution in [0.15, 0.2) is 61.1 Å². The number of ether oxygens (including phenoxy) is 2. The van der Waals surface area contributed by atoms with E-state index in [1.807, 2.05) is 11.8 Å². The van der Waals surface area contributed by atoms with Gasteiger partial charge in [0, 0.05) is 27.0 Å². The van der Waals surface area contributed by atoms with Crippen molar-refractivity contribution in [2.45, 2.75) is 64.7 Å². The van der Waals surface area contributed by atoms with Crippen molar-refractivity contribution in [3.8, 4) is 11.5 Å². The van der Waals surface area contributed by atoms with Gasteiger partial charge in [0.1, 0.15) is 11.5 Å². The molecule has 2 aliphatic heterocycles. The molecule has 3 nitrogen and oxygen atoms in total. The number of thioether (sulfide) groups is 4. The normalized spacial score (nSPS) is 18.7. The van der Waals surface area contributed by atoms with E-state index in [2.05, 4.69) is 94.2 Å². The summed E-state index contributed by atoms with van der Waals surface area (Å²) in [6.07, 6.45) is 0.595. The van der Waals surface area contributed by atoms with Crippen LogP contribution in [-0.2, 0) is 17.3 Å². The minimum absolute atomic E-state index is 0.119. The number of carbonyl (C=O) groups is 1. The van der Waals surface area contributed by atoms with Crippen molar-refractivity contribution in [3.63, 3.8) is 0 Å². The molecule has 218 valence electrons. The Kier molecular flexibility index (Phi) is 7.87. The average Bonchev–Trinajstić information content (AvgIpc) is 3.66. The quantitative estimate of drug-likeness (QED) is 0.283. The number of hydrogen-bond acceptors (Lipinski definition) is 7. The lowest BCUT2D eigenvalue weighted by molar-refractivity contribution is 0.0953. The molecular formula is C35H36O3S4. The summed E-state index contributed by atoms with van der Waals surface area (Å²) in [5.74, 6) is 1.37. The van der Waals surface area contributed by atoms with Crippen LogP contribution in [0.1, 0.15) is 85.6 Å². The fraction of sp³-hybridized carbons (Fsp3) is 0.343. The van der Waals surface area contributed by atoms with Crippen LogP contribution in [0.25, 0.3) is 15.7 Å². The van der Waals surface area contributed by atoms with Crippen LogP contribution < -0.4 is 9.47 Å². The molecular weight excluding hydrogens is 597 g/mol. The third-order valence-corrected chi connectivity index (χ3v) is 13.1. The van der Waals surface area contributed by atoms with Crippen LogP contribution in [0.3, 0.4) is 0 Å². The summed E-state index contributed by atoms with van der Waals surface area (Å²) in [5, 5.41) is 8.58. The van der Waals surface area contributed by atoms with Gasteiger partial charge in [-0.1, -0.05) is 113 Å². The van der Waals surface area contributed by atoms with Gasteiger partial charge >= 0.3 is 0 Å². The first-order chi connectivity index (χ1) is 19.9. The number of rotatable bonds is 4. The second-order valence-electron chi connectivity index (χ2n) is 12.9. The van der Waals surface area contributed by atoms with Gasteiger partial charge in [0.05, 0.1) is 34.2 Å². The van der Waals surface area contributed by atoms with Crippen molar-refractivity contribution < 1.29 is 14.3 Å². The van der Waals surface area contributed by atoms with Crippen LogP contribution in [0.4, 0.5) is 0 Å². The SMILES string of the molecule is COc1c(C(C)(C)C)cc2cc(C(C)(C)C)c(OC)c3c2c1CC(c1ccc(C2=CSC(=C4SC=CS4)S2)cc1)C3=O. The van der Waals surface area contributed by atoms with Crippen molar-refractivity contribution in [2.75, 3.05) is 14.2 Å². The molecule has 0 saturated heterocycles. The Morgan fingerprint density at radius 2 is 1.38 bits per heavy atom. The second-order valence-corrected chi connectivity index (χ2v) is 17.2. The van der Waals surface area contributed by atoms with Gasteiger partial charge in [-0.05, 0) is 62.1 Å². The van der Waals surface area contributed by atoms with Gasteiger partial charge in [-0.15, -0.1) is 0 Å². The Morgan fingerprint density at radius 1 is 0.786 bits per heavy atom. The molecule has 1 aliphatic carbocycles. The molecule has 0 saturated carbocycles. The van der Waals surface area contributed by atoms with Gasteiger partial charge in [0.25, 0.3) is 0 Å². The smallest absolute Gasteiger partial charge is 0.175 e. The summed E-state index contributed by atoms with van der Waals surface area (Å²) in [6.45, 7) is 13.2. The van der Waals surface area contributed by atoms with Gasteiger partial charge in [0.15, 0.2) is 5.78 Å². The molecule has 0 bridgehead atoms. The van der Waals surface area contributed by atoms with E-state index >= 15 is 0 Å². The van der Waals surface area contributed by atoms with Gasteiger partial charge < -0.3 is 9.47 Å². The molecule has 0 N–H and O–H groups in total. The summed E-state index contributed by atoms with van der Waals surface area (Å²) in [6, 6.07) is 13.1. The molecule has 0 radical (unpaired) electrons. The molecule has 7 heteroatoms. The van der Waals surface area contributed by atoms with Crippen LogP contribution in [-0.4, -0.2) is 20.0 Å². The van der Waals surface area contributed by atoms with Crippen molar-refractivity contribution in [3.05, 3.63) is 94.5 Å². The number of methoxy groups -OCH3 is 2. The van der Waals surface area contributed by atoms with Crippen LogP contribution in [0.2, 0.25) is 0 Å². The van der Waals surface area contributed by atoms with Crippen molar-refractivity contribution >= 4 is 68.5 Å². The van der Waals surface area contributed by atoms with Gasteiger partial charge in [0.2, 0.25) is 0 Å². The first kappa shape index (κ1) is 29.9. The van der Waals surface area contributed by atoms with E-state index < -0.39 is 0 Å². The Labute approximate surface area is 266 Å². The molecule has 0 spiro atoms. The zero-order valence-corrected chi connectivity index (χ0v) is 28.6. The third-order valence-electron chi connectivity index (χ3n) is 8.07. The maximum Gasteiger partial charge on any atom is 0.175 e. The summed E-state index contributed by atoms with van der Waals surface area (Å²) in [5.41, 5.74) is 5.88. The minimum atomic E-state index is -0.322. The van der Waals surface area contributed by atoms with Crippen molar-refractivity contribution in [1.82, 2.24) is 0 Å². The molecule has 3 aromatic carbocycles. The van der Waals surface area contributed by atoms with E-state index in [-0.39, 0.29) is 22.5 Å². The lowest BCUT2D eigenvalue weighted by atomic mass is 9.72. The summed E-state index contributed by atoms with van der Waals surface area (Å²) < 4.78 is 14.9. The number of Topliss-reactive ketones (excluding diaryl/α,β-unsaturated/α-hetero) is 1. The van der Waals surface area contributed by atoms with Crippen LogP contribution in [0.5, 0.6) is 11.5 Å². The fourth-order valence-corrected chi connectivity index (χ4v) is 10.5. The van der Waals surface area contributed by atoms with E-state index in [9.17, 15) is 4.79 Å². The monoisotopic (exact) mass is 632 g/mol. The molecule has 42 heavy (non-hydrogen) atoms. The molecule has 0 fully saturated rings. The van der Waals surface area contributed by atoms with Crippen molar-refractivity contribution in [1.29, 1.82) is 0 Å². The Morgan fingerprint density at radius 3 is 1.95 bits per heavy atom. The lowest BCUT2D eigenvalue weighted by Gasteiger charge is -2.33. The summed E-state index contributed by atoms with van der Waals surface area (Å²) in [7, 11) is 3.44. The molecule has 3 aliphatic rings. The van der Waals surface area contributed by atoms with Gasteiger partial charge in [-0.25, -0.2) is 0 Å². The summed E-state index contributed by atoms with van der Waals surface area (Å²) >= 11 is 7.21. The Hall–Kier alpha value is -2.19.